The van der Waals surface area contributed by atoms with E-state index in [0.717, 1.165) is 36.9 Å². The molecule has 2 amide bonds. The largest absolute Gasteiger partial charge is 0.469 e. The van der Waals surface area contributed by atoms with Crippen molar-refractivity contribution in [1.29, 1.82) is 0 Å². The molecule has 1 aliphatic heterocycles. The number of hydrogen-bond donors (Lipinski definition) is 2. The van der Waals surface area contributed by atoms with Crippen LogP contribution >= 0.6 is 0 Å². The number of rotatable bonds is 9. The molecule has 0 bridgehead atoms. The highest BCUT2D eigenvalue weighted by Gasteiger charge is 2.26. The number of likely N-dealkylation sites (tertiary alicyclic amines) is 1. The number of carbonyl (C=O) groups excluding carboxylic acids is 3. The third-order valence-electron chi connectivity index (χ3n) is 6.53. The number of carbonyl (C=O) groups is 3. The molecule has 2 N–H and O–H groups in total. The van der Waals surface area contributed by atoms with E-state index in [1.165, 1.54) is 19.6 Å². The normalized spacial score (nSPS) is 16.7. The number of nitrogens with zero attached hydrogens (tertiary/aromatic N) is 1. The Morgan fingerprint density at radius 2 is 1.71 bits per heavy atom. The number of nitrogens with one attached hydrogen (secondary N) is 2. The number of esters is 1. The van der Waals surface area contributed by atoms with Gasteiger partial charge in [0.15, 0.2) is 0 Å². The maximum absolute atomic E-state index is 12.6. The Kier molecular flexibility index (Phi) is 10.1. The van der Waals surface area contributed by atoms with Crippen LogP contribution in [-0.2, 0) is 19.1 Å². The first kappa shape index (κ1) is 28.9. The summed E-state index contributed by atoms with van der Waals surface area (Å²) < 4.78 is 10.4. The fourth-order valence-electron chi connectivity index (χ4n) is 4.57. The zero-order valence-electron chi connectivity index (χ0n) is 23.0. The van der Waals surface area contributed by atoms with Gasteiger partial charge in [0.2, 0.25) is 5.91 Å². The third kappa shape index (κ3) is 8.73. The van der Waals surface area contributed by atoms with E-state index >= 15 is 0 Å². The Hall–Kier alpha value is -3.65. The maximum Gasteiger partial charge on any atom is 0.412 e. The summed E-state index contributed by atoms with van der Waals surface area (Å²) >= 11 is 0. The Morgan fingerprint density at radius 3 is 2.29 bits per heavy atom. The molecule has 0 aromatic heterocycles. The topological polar surface area (TPSA) is 97.0 Å². The molecular formula is C30H39N3O5. The Morgan fingerprint density at radius 1 is 1.05 bits per heavy atom. The number of hydrogen-bond acceptors (Lipinski definition) is 6. The van der Waals surface area contributed by atoms with Crippen molar-refractivity contribution in [3.8, 4) is 0 Å². The van der Waals surface area contributed by atoms with Crippen molar-refractivity contribution in [2.24, 2.45) is 0 Å². The van der Waals surface area contributed by atoms with Crippen LogP contribution in [0.4, 0.5) is 16.2 Å². The highest BCUT2D eigenvalue weighted by atomic mass is 16.6. The van der Waals surface area contributed by atoms with Crippen LogP contribution in [0.25, 0.3) is 6.08 Å². The summed E-state index contributed by atoms with van der Waals surface area (Å²) in [6, 6.07) is 15.0. The van der Waals surface area contributed by atoms with Gasteiger partial charge in [-0.15, -0.1) is 0 Å². The lowest BCUT2D eigenvalue weighted by Crippen LogP contribution is -2.27. The van der Waals surface area contributed by atoms with Crippen molar-refractivity contribution in [1.82, 2.24) is 4.90 Å². The second-order valence-electron chi connectivity index (χ2n) is 10.6. The summed E-state index contributed by atoms with van der Waals surface area (Å²) in [5.74, 6) is -0.892. The number of anilines is 2. The first-order valence-electron chi connectivity index (χ1n) is 13.0. The lowest BCUT2D eigenvalue weighted by atomic mass is 9.91. The van der Waals surface area contributed by atoms with Gasteiger partial charge >= 0.3 is 12.1 Å². The van der Waals surface area contributed by atoms with Crippen LogP contribution in [0, 0.1) is 0 Å². The van der Waals surface area contributed by atoms with Crippen molar-refractivity contribution >= 4 is 35.4 Å². The smallest absolute Gasteiger partial charge is 0.412 e. The van der Waals surface area contributed by atoms with Crippen molar-refractivity contribution in [2.45, 2.75) is 64.0 Å². The molecule has 0 radical (unpaired) electrons. The zero-order chi connectivity index (χ0) is 27.7. The second-order valence-corrected chi connectivity index (χ2v) is 10.6. The van der Waals surface area contributed by atoms with Gasteiger partial charge < -0.3 is 19.7 Å². The number of ether oxygens (including phenoxy) is 2. The van der Waals surface area contributed by atoms with E-state index in [0.29, 0.717) is 17.4 Å². The molecule has 1 heterocycles. The Labute approximate surface area is 225 Å². The van der Waals surface area contributed by atoms with Crippen LogP contribution in [0.2, 0.25) is 0 Å². The molecule has 1 aliphatic rings. The van der Waals surface area contributed by atoms with E-state index in [1.54, 1.807) is 51.1 Å². The van der Waals surface area contributed by atoms with Gasteiger partial charge in [-0.05, 0) is 89.4 Å². The van der Waals surface area contributed by atoms with E-state index in [1.807, 2.05) is 24.3 Å². The van der Waals surface area contributed by atoms with Gasteiger partial charge in [0, 0.05) is 12.1 Å². The molecule has 0 spiro atoms. The molecule has 2 aromatic rings. The minimum Gasteiger partial charge on any atom is -0.469 e. The molecule has 3 rings (SSSR count). The van der Waals surface area contributed by atoms with E-state index in [4.69, 9.17) is 9.47 Å². The minimum atomic E-state index is -0.635. The lowest BCUT2D eigenvalue weighted by Gasteiger charge is -2.22. The SMILES string of the molecule is COC(=O)C(CCC1CCCN1C)c1ccc(C=CC(=O)Nc2ccccc2NC(=O)OC(C)(C)C)cc1. The molecular weight excluding hydrogens is 482 g/mol. The van der Waals surface area contributed by atoms with Crippen LogP contribution in [-0.4, -0.2) is 55.2 Å². The minimum absolute atomic E-state index is 0.230. The maximum atomic E-state index is 12.6. The molecule has 1 fully saturated rings. The van der Waals surface area contributed by atoms with Crippen LogP contribution in [0.1, 0.15) is 63.5 Å². The molecule has 1 saturated heterocycles. The van der Waals surface area contributed by atoms with Crippen molar-refractivity contribution in [2.75, 3.05) is 31.3 Å². The molecule has 2 unspecified atom stereocenters. The Bertz CT molecular complexity index is 1140. The van der Waals surface area contributed by atoms with E-state index in [9.17, 15) is 14.4 Å². The van der Waals surface area contributed by atoms with Gasteiger partial charge in [-0.2, -0.15) is 0 Å². The molecule has 204 valence electrons. The second kappa shape index (κ2) is 13.2. The first-order chi connectivity index (χ1) is 18.1. The summed E-state index contributed by atoms with van der Waals surface area (Å²) in [6.07, 6.45) is 6.56. The standard InChI is InChI=1S/C30H39N3O5/c1-30(2,3)38-29(36)32-26-11-7-6-10-25(26)31-27(34)19-14-21-12-15-22(16-13-21)24(28(35)37-5)18-17-23-9-8-20-33(23)4/h6-7,10-16,19,23-24H,8-9,17-18,20H2,1-5H3,(H,31,34)(H,32,36). The van der Waals surface area contributed by atoms with Gasteiger partial charge in [-0.25, -0.2) is 4.79 Å². The number of methoxy groups -OCH3 is 1. The summed E-state index contributed by atoms with van der Waals surface area (Å²) in [5.41, 5.74) is 1.98. The molecule has 8 nitrogen and oxygen atoms in total. The van der Waals surface area contributed by atoms with Gasteiger partial charge in [0.05, 0.1) is 24.4 Å². The molecule has 0 saturated carbocycles. The van der Waals surface area contributed by atoms with Crippen molar-refractivity contribution in [3.63, 3.8) is 0 Å². The lowest BCUT2D eigenvalue weighted by molar-refractivity contribution is -0.142. The Balaban J connectivity index is 1.61. The van der Waals surface area contributed by atoms with Gasteiger partial charge in [0.25, 0.3) is 0 Å². The third-order valence-corrected chi connectivity index (χ3v) is 6.53. The fourth-order valence-corrected chi connectivity index (χ4v) is 4.57. The predicted octanol–water partition coefficient (Wildman–Crippen LogP) is 5.82. The molecule has 0 aliphatic carbocycles. The highest BCUT2D eigenvalue weighted by Crippen LogP contribution is 2.28. The fraction of sp³-hybridized carbons (Fsp3) is 0.433. The quantitative estimate of drug-likeness (QED) is 0.319. The van der Waals surface area contributed by atoms with Crippen LogP contribution in [0.15, 0.2) is 54.6 Å². The van der Waals surface area contributed by atoms with Crippen LogP contribution in [0.3, 0.4) is 0 Å². The zero-order valence-corrected chi connectivity index (χ0v) is 23.0. The molecule has 2 atom stereocenters. The van der Waals surface area contributed by atoms with E-state index in [2.05, 4.69) is 22.6 Å². The van der Waals surface area contributed by atoms with Crippen LogP contribution in [0.5, 0.6) is 0 Å². The monoisotopic (exact) mass is 521 g/mol. The summed E-state index contributed by atoms with van der Waals surface area (Å²) in [6.45, 7) is 6.45. The van der Waals surface area contributed by atoms with E-state index < -0.39 is 11.7 Å². The summed E-state index contributed by atoms with van der Waals surface area (Å²) in [7, 11) is 3.56. The average Bonchev–Trinajstić information content (AvgIpc) is 3.28. The number of benzene rings is 2. The molecule has 2 aromatic carbocycles. The first-order valence-corrected chi connectivity index (χ1v) is 13.0. The van der Waals surface area contributed by atoms with Crippen LogP contribution < -0.4 is 10.6 Å². The summed E-state index contributed by atoms with van der Waals surface area (Å²) in [5, 5.41) is 5.45. The predicted molar refractivity (Wildman–Crippen MR) is 150 cm³/mol. The van der Waals surface area contributed by atoms with Crippen molar-refractivity contribution in [3.05, 3.63) is 65.7 Å². The van der Waals surface area contributed by atoms with Gasteiger partial charge in [-0.1, -0.05) is 36.4 Å². The summed E-state index contributed by atoms with van der Waals surface area (Å²) in [4.78, 5) is 39.6. The van der Waals surface area contributed by atoms with Gasteiger partial charge in [-0.3, -0.25) is 14.9 Å². The van der Waals surface area contributed by atoms with E-state index in [-0.39, 0.29) is 17.8 Å². The number of para-hydroxylation sites is 2. The average molecular weight is 522 g/mol. The molecule has 38 heavy (non-hydrogen) atoms. The van der Waals surface area contributed by atoms with Gasteiger partial charge in [0.1, 0.15) is 5.60 Å². The molecule has 8 heteroatoms. The number of amides is 2. The van der Waals surface area contributed by atoms with Crippen molar-refractivity contribution < 1.29 is 23.9 Å². The highest BCUT2D eigenvalue weighted by molar-refractivity contribution is 6.05.